The molecule has 1 saturated carbocycles. The van der Waals surface area contributed by atoms with Gasteiger partial charge < -0.3 is 5.32 Å². The van der Waals surface area contributed by atoms with Gasteiger partial charge in [0.1, 0.15) is 0 Å². The minimum atomic E-state index is -3.54. The Kier molecular flexibility index (Phi) is 6.16. The highest BCUT2D eigenvalue weighted by Gasteiger charge is 2.28. The Morgan fingerprint density at radius 2 is 2.12 bits per heavy atom. The van der Waals surface area contributed by atoms with Crippen LogP contribution in [-0.4, -0.2) is 32.7 Å². The van der Waals surface area contributed by atoms with Crippen LogP contribution in [0.2, 0.25) is 0 Å². The number of sulfonamides is 1. The summed E-state index contributed by atoms with van der Waals surface area (Å²) in [6.07, 6.45) is 1.75. The van der Waals surface area contributed by atoms with Gasteiger partial charge in [0, 0.05) is 29.7 Å². The van der Waals surface area contributed by atoms with Crippen molar-refractivity contribution in [2.24, 2.45) is 0 Å². The van der Waals surface area contributed by atoms with Gasteiger partial charge in [0.2, 0.25) is 10.0 Å². The minimum Gasteiger partial charge on any atom is -0.351 e. The molecule has 8 heteroatoms. The molecule has 2 aromatic rings. The van der Waals surface area contributed by atoms with Gasteiger partial charge in [-0.15, -0.1) is 0 Å². The maximum absolute atomic E-state index is 12.2. The van der Waals surface area contributed by atoms with Gasteiger partial charge >= 0.3 is 0 Å². The van der Waals surface area contributed by atoms with E-state index in [9.17, 15) is 13.2 Å². The highest BCUT2D eigenvalue weighted by Crippen LogP contribution is 2.22. The first-order chi connectivity index (χ1) is 12.0. The summed E-state index contributed by atoms with van der Waals surface area (Å²) in [4.78, 5) is 12.4. The quantitative estimate of drug-likeness (QED) is 0.639. The van der Waals surface area contributed by atoms with Crippen LogP contribution in [0.4, 0.5) is 0 Å². The number of carbonyl (C=O) groups excluding carboxylic acids is 1. The van der Waals surface area contributed by atoms with Crippen LogP contribution in [0.25, 0.3) is 0 Å². The zero-order valence-electron chi connectivity index (χ0n) is 13.6. The number of amides is 1. The number of thioether (sulfide) groups is 1. The van der Waals surface area contributed by atoms with Gasteiger partial charge in [-0.1, -0.05) is 6.07 Å². The topological polar surface area (TPSA) is 75.3 Å². The maximum Gasteiger partial charge on any atom is 0.251 e. The molecule has 25 heavy (non-hydrogen) atoms. The summed E-state index contributed by atoms with van der Waals surface area (Å²) >= 11 is 3.43. The Morgan fingerprint density at radius 3 is 2.84 bits per heavy atom. The van der Waals surface area contributed by atoms with Crippen molar-refractivity contribution in [3.63, 3.8) is 0 Å². The number of hydrogen-bond donors (Lipinski definition) is 2. The Labute approximate surface area is 156 Å². The zero-order chi connectivity index (χ0) is 17.7. The van der Waals surface area contributed by atoms with E-state index in [4.69, 9.17) is 0 Å². The van der Waals surface area contributed by atoms with Crippen molar-refractivity contribution in [3.8, 4) is 0 Å². The third kappa shape index (κ3) is 5.57. The Hall–Kier alpha value is -1.35. The van der Waals surface area contributed by atoms with Gasteiger partial charge in [0.25, 0.3) is 5.91 Å². The molecule has 0 radical (unpaired) electrons. The number of thiophene rings is 1. The average molecular weight is 397 g/mol. The van der Waals surface area contributed by atoms with E-state index in [0.717, 1.165) is 24.3 Å². The van der Waals surface area contributed by atoms with E-state index < -0.39 is 10.0 Å². The summed E-state index contributed by atoms with van der Waals surface area (Å²) in [6, 6.07) is 8.31. The van der Waals surface area contributed by atoms with Crippen LogP contribution in [0.15, 0.2) is 46.0 Å². The smallest absolute Gasteiger partial charge is 0.251 e. The predicted molar refractivity (Wildman–Crippen MR) is 103 cm³/mol. The molecule has 1 aliphatic carbocycles. The number of rotatable bonds is 9. The van der Waals surface area contributed by atoms with E-state index in [-0.39, 0.29) is 16.8 Å². The summed E-state index contributed by atoms with van der Waals surface area (Å²) in [6.45, 7) is 0.547. The molecule has 0 spiro atoms. The first-order valence-corrected chi connectivity index (χ1v) is 11.6. The Balaban J connectivity index is 1.49. The molecular weight excluding hydrogens is 376 g/mol. The van der Waals surface area contributed by atoms with Crippen molar-refractivity contribution in [1.82, 2.24) is 10.0 Å². The first kappa shape index (κ1) is 18.4. The number of carbonyl (C=O) groups is 1. The molecule has 1 fully saturated rings. The van der Waals surface area contributed by atoms with Crippen LogP contribution in [0.1, 0.15) is 28.8 Å². The highest BCUT2D eigenvalue weighted by molar-refractivity contribution is 7.98. The van der Waals surface area contributed by atoms with E-state index >= 15 is 0 Å². The van der Waals surface area contributed by atoms with Crippen molar-refractivity contribution >= 4 is 39.0 Å². The molecule has 0 aliphatic heterocycles. The number of hydrogen-bond acceptors (Lipinski definition) is 5. The second-order valence-electron chi connectivity index (χ2n) is 5.86. The van der Waals surface area contributed by atoms with E-state index in [2.05, 4.69) is 26.9 Å². The van der Waals surface area contributed by atoms with Gasteiger partial charge in [-0.2, -0.15) is 23.1 Å². The molecule has 1 aromatic carbocycles. The van der Waals surface area contributed by atoms with Crippen molar-refractivity contribution < 1.29 is 13.2 Å². The Bertz CT molecular complexity index is 815. The molecule has 1 aromatic heterocycles. The summed E-state index contributed by atoms with van der Waals surface area (Å²) in [5.74, 6) is 1.49. The molecule has 5 nitrogen and oxygen atoms in total. The molecule has 1 heterocycles. The minimum absolute atomic E-state index is 0.0442. The molecule has 0 saturated heterocycles. The number of benzene rings is 1. The number of nitrogens with one attached hydrogen (secondary N) is 2. The summed E-state index contributed by atoms with van der Waals surface area (Å²) in [5.41, 5.74) is 1.66. The van der Waals surface area contributed by atoms with Crippen LogP contribution in [-0.2, 0) is 15.8 Å². The average Bonchev–Trinajstić information content (AvgIpc) is 3.24. The zero-order valence-corrected chi connectivity index (χ0v) is 16.1. The van der Waals surface area contributed by atoms with Crippen molar-refractivity contribution in [1.29, 1.82) is 0 Å². The molecule has 134 valence electrons. The molecule has 0 atom stereocenters. The van der Waals surface area contributed by atoms with Gasteiger partial charge in [-0.3, -0.25) is 4.79 Å². The lowest BCUT2D eigenvalue weighted by Crippen LogP contribution is -2.28. The van der Waals surface area contributed by atoms with Crippen LogP contribution in [0.3, 0.4) is 0 Å². The normalized spacial score (nSPS) is 14.4. The van der Waals surface area contributed by atoms with Gasteiger partial charge in [-0.25, -0.2) is 13.1 Å². The summed E-state index contributed by atoms with van der Waals surface area (Å²) in [7, 11) is -3.54. The van der Waals surface area contributed by atoms with Gasteiger partial charge in [-0.05, 0) is 53.4 Å². The molecule has 3 rings (SSSR count). The van der Waals surface area contributed by atoms with E-state index in [1.165, 1.54) is 17.7 Å². The van der Waals surface area contributed by atoms with Crippen LogP contribution in [0, 0.1) is 0 Å². The second-order valence-corrected chi connectivity index (χ2v) is 9.46. The maximum atomic E-state index is 12.2. The molecule has 0 bridgehead atoms. The third-order valence-corrected chi connectivity index (χ3v) is 6.97. The molecular formula is C17H20N2O3S3. The SMILES string of the molecule is O=C(NCCSCc1ccsc1)c1cccc(S(=O)(=O)NC2CC2)c1. The molecule has 2 N–H and O–H groups in total. The molecule has 1 aliphatic rings. The first-order valence-electron chi connectivity index (χ1n) is 8.04. The van der Waals surface area contributed by atoms with Crippen LogP contribution < -0.4 is 10.0 Å². The summed E-state index contributed by atoms with van der Waals surface area (Å²) in [5, 5.41) is 7.01. The van der Waals surface area contributed by atoms with Gasteiger partial charge in [0.15, 0.2) is 0 Å². The fourth-order valence-corrected chi connectivity index (χ4v) is 5.13. The van der Waals surface area contributed by atoms with Crippen molar-refractivity contribution in [2.45, 2.75) is 29.5 Å². The Morgan fingerprint density at radius 1 is 1.28 bits per heavy atom. The van der Waals surface area contributed by atoms with E-state index in [0.29, 0.717) is 12.1 Å². The van der Waals surface area contributed by atoms with Gasteiger partial charge in [0.05, 0.1) is 4.90 Å². The highest BCUT2D eigenvalue weighted by atomic mass is 32.2. The molecule has 0 unspecified atom stereocenters. The van der Waals surface area contributed by atoms with E-state index in [1.807, 2.05) is 0 Å². The summed E-state index contributed by atoms with van der Waals surface area (Å²) < 4.78 is 27.1. The monoisotopic (exact) mass is 396 g/mol. The fraction of sp³-hybridized carbons (Fsp3) is 0.353. The third-order valence-electron chi connectivity index (χ3n) is 3.69. The fourth-order valence-electron chi connectivity index (χ4n) is 2.20. The standard InChI is InChI=1S/C17H20N2O3S3/c20-17(18-7-9-24-12-13-6-8-23-11-13)14-2-1-3-16(10-14)25(21,22)19-15-4-5-15/h1-3,6,8,10-11,15,19H,4-5,7,9,12H2,(H,18,20). The van der Waals surface area contributed by atoms with E-state index in [1.54, 1.807) is 35.2 Å². The molecule has 1 amide bonds. The lowest BCUT2D eigenvalue weighted by atomic mass is 10.2. The second kappa shape index (κ2) is 8.35. The largest absolute Gasteiger partial charge is 0.351 e. The lowest BCUT2D eigenvalue weighted by Gasteiger charge is -2.08. The van der Waals surface area contributed by atoms with Crippen molar-refractivity contribution in [2.75, 3.05) is 12.3 Å². The van der Waals surface area contributed by atoms with Crippen LogP contribution in [0.5, 0.6) is 0 Å². The van der Waals surface area contributed by atoms with Crippen LogP contribution >= 0.6 is 23.1 Å². The van der Waals surface area contributed by atoms with Crippen molar-refractivity contribution in [3.05, 3.63) is 52.2 Å². The predicted octanol–water partition coefficient (Wildman–Crippen LogP) is 2.85. The lowest BCUT2D eigenvalue weighted by molar-refractivity contribution is 0.0956.